The first-order valence-electron chi connectivity index (χ1n) is 6.83. The van der Waals surface area contributed by atoms with Crippen LogP contribution < -0.4 is 15.2 Å². The zero-order valence-corrected chi connectivity index (χ0v) is 12.5. The van der Waals surface area contributed by atoms with Crippen molar-refractivity contribution in [3.63, 3.8) is 0 Å². The van der Waals surface area contributed by atoms with Gasteiger partial charge in [-0.1, -0.05) is 18.2 Å². The average molecular weight is 287 g/mol. The van der Waals surface area contributed by atoms with Crippen LogP contribution in [0.15, 0.2) is 42.5 Å². The van der Waals surface area contributed by atoms with Gasteiger partial charge in [-0.25, -0.2) is 0 Å². The third-order valence-electron chi connectivity index (χ3n) is 3.27. The highest BCUT2D eigenvalue weighted by Crippen LogP contribution is 2.21. The molecule has 0 saturated carbocycles. The molecule has 2 aromatic carbocycles. The van der Waals surface area contributed by atoms with Crippen LogP contribution in [0.3, 0.4) is 0 Å². The number of methoxy groups -OCH3 is 2. The lowest BCUT2D eigenvalue weighted by molar-refractivity contribution is 0.105. The first kappa shape index (κ1) is 15.4. The zero-order chi connectivity index (χ0) is 15.1. The number of benzene rings is 2. The van der Waals surface area contributed by atoms with Crippen LogP contribution in [-0.2, 0) is 24.5 Å². The molecule has 0 radical (unpaired) electrons. The van der Waals surface area contributed by atoms with Gasteiger partial charge in [0.15, 0.2) is 0 Å². The third-order valence-corrected chi connectivity index (χ3v) is 3.27. The van der Waals surface area contributed by atoms with E-state index in [-0.39, 0.29) is 0 Å². The monoisotopic (exact) mass is 287 g/mol. The maximum absolute atomic E-state index is 5.76. The van der Waals surface area contributed by atoms with Gasteiger partial charge in [-0.2, -0.15) is 0 Å². The molecule has 112 valence electrons. The first-order chi connectivity index (χ1) is 10.3. The van der Waals surface area contributed by atoms with E-state index in [4.69, 9.17) is 19.9 Å². The molecule has 0 aliphatic carbocycles. The largest absolute Gasteiger partial charge is 0.497 e. The van der Waals surface area contributed by atoms with Crippen molar-refractivity contribution in [2.45, 2.75) is 19.8 Å². The number of nitrogens with two attached hydrogens (primary N) is 1. The van der Waals surface area contributed by atoms with Gasteiger partial charge in [0.2, 0.25) is 0 Å². The number of ether oxygens (including phenoxy) is 3. The molecular formula is C17H21NO3. The minimum Gasteiger partial charge on any atom is -0.497 e. The number of hydrogen-bond donors (Lipinski definition) is 1. The number of hydrogen-bond acceptors (Lipinski definition) is 4. The Morgan fingerprint density at radius 2 is 1.57 bits per heavy atom. The molecule has 0 aliphatic heterocycles. The Balaban J connectivity index is 1.95. The highest BCUT2D eigenvalue weighted by molar-refractivity contribution is 5.37. The molecule has 0 aromatic heterocycles. The predicted octanol–water partition coefficient (Wildman–Crippen LogP) is 2.88. The van der Waals surface area contributed by atoms with Gasteiger partial charge in [-0.3, -0.25) is 0 Å². The van der Waals surface area contributed by atoms with Crippen molar-refractivity contribution in [2.75, 3.05) is 14.2 Å². The zero-order valence-electron chi connectivity index (χ0n) is 12.5. The van der Waals surface area contributed by atoms with Crippen molar-refractivity contribution in [3.8, 4) is 11.5 Å². The van der Waals surface area contributed by atoms with Gasteiger partial charge >= 0.3 is 0 Å². The molecule has 0 bridgehead atoms. The maximum Gasteiger partial charge on any atom is 0.124 e. The molecule has 0 heterocycles. The molecule has 0 aliphatic rings. The Bertz CT molecular complexity index is 567. The van der Waals surface area contributed by atoms with Gasteiger partial charge in [0.1, 0.15) is 11.5 Å². The molecule has 0 amide bonds. The van der Waals surface area contributed by atoms with Crippen molar-refractivity contribution in [1.82, 2.24) is 0 Å². The summed E-state index contributed by atoms with van der Waals surface area (Å²) in [7, 11) is 3.31. The van der Waals surface area contributed by atoms with Gasteiger partial charge in [0, 0.05) is 12.1 Å². The van der Waals surface area contributed by atoms with Crippen molar-refractivity contribution < 1.29 is 14.2 Å². The van der Waals surface area contributed by atoms with E-state index in [1.165, 1.54) is 0 Å². The molecule has 0 saturated heterocycles. The van der Waals surface area contributed by atoms with E-state index in [0.29, 0.717) is 19.8 Å². The predicted molar refractivity (Wildman–Crippen MR) is 82.4 cm³/mol. The minimum atomic E-state index is 0.489. The van der Waals surface area contributed by atoms with Crippen molar-refractivity contribution >= 4 is 0 Å². The minimum absolute atomic E-state index is 0.489. The van der Waals surface area contributed by atoms with Gasteiger partial charge in [-0.15, -0.1) is 0 Å². The summed E-state index contributed by atoms with van der Waals surface area (Å²) in [5, 5.41) is 0. The Labute approximate surface area is 125 Å². The molecule has 4 nitrogen and oxygen atoms in total. The van der Waals surface area contributed by atoms with E-state index in [1.54, 1.807) is 14.2 Å². The fourth-order valence-electron chi connectivity index (χ4n) is 2.07. The van der Waals surface area contributed by atoms with Crippen LogP contribution in [0.1, 0.15) is 16.7 Å². The van der Waals surface area contributed by atoms with Crippen molar-refractivity contribution in [3.05, 3.63) is 59.2 Å². The van der Waals surface area contributed by atoms with Crippen LogP contribution >= 0.6 is 0 Å². The highest BCUT2D eigenvalue weighted by atomic mass is 16.5. The molecule has 21 heavy (non-hydrogen) atoms. The van der Waals surface area contributed by atoms with E-state index in [0.717, 1.165) is 28.2 Å². The smallest absolute Gasteiger partial charge is 0.124 e. The standard InChI is InChI=1S/C17H21NO3/c1-19-16-6-3-13(4-7-16)11-21-12-15-9-14(10-18)5-8-17(15)20-2/h3-9H,10-12,18H2,1-2H3. The maximum atomic E-state index is 5.76. The summed E-state index contributed by atoms with van der Waals surface area (Å²) in [6.45, 7) is 1.54. The topological polar surface area (TPSA) is 53.7 Å². The van der Waals surface area contributed by atoms with Crippen LogP contribution in [0.25, 0.3) is 0 Å². The summed E-state index contributed by atoms with van der Waals surface area (Å²) in [6, 6.07) is 13.7. The third kappa shape index (κ3) is 4.21. The lowest BCUT2D eigenvalue weighted by atomic mass is 10.1. The van der Waals surface area contributed by atoms with Crippen LogP contribution in [0.2, 0.25) is 0 Å². The quantitative estimate of drug-likeness (QED) is 0.850. The summed E-state index contributed by atoms with van der Waals surface area (Å²) >= 11 is 0. The lowest BCUT2D eigenvalue weighted by Gasteiger charge is -2.11. The van der Waals surface area contributed by atoms with Crippen molar-refractivity contribution in [1.29, 1.82) is 0 Å². The van der Waals surface area contributed by atoms with Crippen LogP contribution in [-0.4, -0.2) is 14.2 Å². The van der Waals surface area contributed by atoms with Crippen molar-refractivity contribution in [2.24, 2.45) is 5.73 Å². The molecule has 0 spiro atoms. The van der Waals surface area contributed by atoms with E-state index in [2.05, 4.69) is 0 Å². The summed E-state index contributed by atoms with van der Waals surface area (Å²) in [5.41, 5.74) is 8.84. The summed E-state index contributed by atoms with van der Waals surface area (Å²) < 4.78 is 16.2. The van der Waals surface area contributed by atoms with E-state index < -0.39 is 0 Å². The Morgan fingerprint density at radius 1 is 0.857 bits per heavy atom. The Kier molecular flexibility index (Phi) is 5.60. The van der Waals surface area contributed by atoms with Crippen LogP contribution in [0.5, 0.6) is 11.5 Å². The second kappa shape index (κ2) is 7.67. The number of rotatable bonds is 7. The lowest BCUT2D eigenvalue weighted by Crippen LogP contribution is -2.01. The van der Waals surface area contributed by atoms with E-state index in [1.807, 2.05) is 42.5 Å². The molecule has 2 aromatic rings. The first-order valence-corrected chi connectivity index (χ1v) is 6.83. The second-order valence-corrected chi connectivity index (χ2v) is 4.69. The Morgan fingerprint density at radius 3 is 2.19 bits per heavy atom. The molecule has 2 rings (SSSR count). The fourth-order valence-corrected chi connectivity index (χ4v) is 2.07. The summed E-state index contributed by atoms with van der Waals surface area (Å²) in [6.07, 6.45) is 0. The van der Waals surface area contributed by atoms with Crippen LogP contribution in [0.4, 0.5) is 0 Å². The molecule has 0 fully saturated rings. The van der Waals surface area contributed by atoms with E-state index in [9.17, 15) is 0 Å². The van der Waals surface area contributed by atoms with E-state index >= 15 is 0 Å². The molecule has 4 heteroatoms. The fraction of sp³-hybridized carbons (Fsp3) is 0.294. The summed E-state index contributed by atoms with van der Waals surface area (Å²) in [4.78, 5) is 0. The van der Waals surface area contributed by atoms with Gasteiger partial charge < -0.3 is 19.9 Å². The van der Waals surface area contributed by atoms with Gasteiger partial charge in [0.05, 0.1) is 27.4 Å². The normalized spacial score (nSPS) is 10.4. The molecule has 0 unspecified atom stereocenters. The molecule has 2 N–H and O–H groups in total. The average Bonchev–Trinajstić information content (AvgIpc) is 2.55. The second-order valence-electron chi connectivity index (χ2n) is 4.69. The summed E-state index contributed by atoms with van der Waals surface area (Å²) in [5.74, 6) is 1.66. The highest BCUT2D eigenvalue weighted by Gasteiger charge is 2.05. The van der Waals surface area contributed by atoms with Crippen LogP contribution in [0, 0.1) is 0 Å². The Hall–Kier alpha value is -2.04. The molecular weight excluding hydrogens is 266 g/mol. The van der Waals surface area contributed by atoms with Gasteiger partial charge in [0.25, 0.3) is 0 Å². The van der Waals surface area contributed by atoms with Gasteiger partial charge in [-0.05, 0) is 35.4 Å². The SMILES string of the molecule is COc1ccc(COCc2cc(CN)ccc2OC)cc1. The molecule has 0 atom stereocenters.